The molecule has 0 heterocycles. The summed E-state index contributed by atoms with van der Waals surface area (Å²) in [6, 6.07) is 7.46. The Balaban J connectivity index is 2.11. The van der Waals surface area contributed by atoms with Crippen LogP contribution in [-0.2, 0) is 4.74 Å². The van der Waals surface area contributed by atoms with Crippen LogP contribution in [0, 0.1) is 15.9 Å². The summed E-state index contributed by atoms with van der Waals surface area (Å²) in [5.74, 6) is -2.25. The first-order chi connectivity index (χ1) is 12.7. The maximum absolute atomic E-state index is 13.6. The molecule has 8 nitrogen and oxygen atoms in total. The summed E-state index contributed by atoms with van der Waals surface area (Å²) in [6.45, 7) is -0.631. The molecule has 0 aliphatic rings. The van der Waals surface area contributed by atoms with Crippen molar-refractivity contribution in [3.63, 3.8) is 0 Å². The second kappa shape index (κ2) is 8.26. The van der Waals surface area contributed by atoms with Crippen molar-refractivity contribution in [1.29, 1.82) is 0 Å². The second-order valence-electron chi connectivity index (χ2n) is 5.70. The zero-order valence-electron chi connectivity index (χ0n) is 14.9. The van der Waals surface area contributed by atoms with Gasteiger partial charge in [-0.3, -0.25) is 14.9 Å². The Morgan fingerprint density at radius 3 is 2.37 bits per heavy atom. The van der Waals surface area contributed by atoms with E-state index < -0.39 is 29.1 Å². The van der Waals surface area contributed by atoms with Gasteiger partial charge in [-0.05, 0) is 30.3 Å². The summed E-state index contributed by atoms with van der Waals surface area (Å²) >= 11 is 0. The average molecular weight is 376 g/mol. The minimum absolute atomic E-state index is 0.00929. The van der Waals surface area contributed by atoms with Crippen LogP contribution >= 0.6 is 0 Å². The van der Waals surface area contributed by atoms with E-state index in [2.05, 4.69) is 0 Å². The van der Waals surface area contributed by atoms with E-state index in [9.17, 15) is 24.1 Å². The van der Waals surface area contributed by atoms with Crippen LogP contribution < -0.4 is 9.64 Å². The van der Waals surface area contributed by atoms with Gasteiger partial charge in [0.05, 0.1) is 17.6 Å². The Morgan fingerprint density at radius 2 is 1.81 bits per heavy atom. The molecule has 0 amide bonds. The van der Waals surface area contributed by atoms with Crippen molar-refractivity contribution >= 4 is 23.1 Å². The maximum Gasteiger partial charge on any atom is 0.338 e. The molecule has 0 unspecified atom stereocenters. The molecule has 2 aromatic rings. The summed E-state index contributed by atoms with van der Waals surface area (Å²) in [5.41, 5.74) is -0.00427. The molecule has 142 valence electrons. The number of methoxy groups -OCH3 is 1. The number of carbonyl (C=O) groups excluding carboxylic acids is 2. The molecule has 0 atom stereocenters. The number of Topliss-reactive ketones (excluding diaryl/α,β-unsaturated/α-hetero) is 1. The molecule has 0 saturated carbocycles. The third-order valence-corrected chi connectivity index (χ3v) is 3.70. The molecule has 0 bridgehead atoms. The van der Waals surface area contributed by atoms with E-state index >= 15 is 0 Å². The van der Waals surface area contributed by atoms with Crippen LogP contribution in [0.25, 0.3) is 0 Å². The van der Waals surface area contributed by atoms with Gasteiger partial charge in [-0.1, -0.05) is 0 Å². The molecule has 0 aromatic heterocycles. The lowest BCUT2D eigenvalue weighted by molar-refractivity contribution is -0.384. The van der Waals surface area contributed by atoms with E-state index in [-0.39, 0.29) is 22.6 Å². The minimum Gasteiger partial charge on any atom is -0.494 e. The van der Waals surface area contributed by atoms with E-state index in [1.807, 2.05) is 0 Å². The number of benzene rings is 2. The van der Waals surface area contributed by atoms with E-state index in [1.54, 1.807) is 14.1 Å². The zero-order chi connectivity index (χ0) is 20.1. The summed E-state index contributed by atoms with van der Waals surface area (Å²) in [6.07, 6.45) is 0. The molecular formula is C18H17FN2O6. The Labute approximate surface area is 154 Å². The molecule has 0 spiro atoms. The number of nitro groups is 1. The molecule has 0 aliphatic heterocycles. The summed E-state index contributed by atoms with van der Waals surface area (Å²) in [4.78, 5) is 36.2. The first kappa shape index (κ1) is 19.8. The maximum atomic E-state index is 13.6. The molecule has 0 N–H and O–H groups in total. The van der Waals surface area contributed by atoms with Gasteiger partial charge in [0, 0.05) is 25.7 Å². The highest BCUT2D eigenvalue weighted by molar-refractivity contribution is 5.99. The smallest absolute Gasteiger partial charge is 0.338 e. The van der Waals surface area contributed by atoms with E-state index in [0.717, 1.165) is 12.1 Å². The normalized spacial score (nSPS) is 10.2. The monoisotopic (exact) mass is 376 g/mol. The molecule has 0 fully saturated rings. The third kappa shape index (κ3) is 4.57. The van der Waals surface area contributed by atoms with E-state index in [1.165, 1.54) is 36.3 Å². The van der Waals surface area contributed by atoms with Crippen molar-refractivity contribution in [3.8, 4) is 5.75 Å². The number of nitrogens with zero attached hydrogens (tertiary/aromatic N) is 2. The van der Waals surface area contributed by atoms with Crippen molar-refractivity contribution in [1.82, 2.24) is 0 Å². The van der Waals surface area contributed by atoms with Crippen molar-refractivity contribution in [2.45, 2.75) is 0 Å². The summed E-state index contributed by atoms with van der Waals surface area (Å²) in [7, 11) is 4.56. The molecule has 2 rings (SSSR count). The number of hydrogen-bond acceptors (Lipinski definition) is 7. The first-order valence-corrected chi connectivity index (χ1v) is 7.74. The molecule has 27 heavy (non-hydrogen) atoms. The number of rotatable bonds is 7. The van der Waals surface area contributed by atoms with E-state index in [0.29, 0.717) is 5.69 Å². The van der Waals surface area contributed by atoms with E-state index in [4.69, 9.17) is 9.47 Å². The highest BCUT2D eigenvalue weighted by atomic mass is 19.1. The van der Waals surface area contributed by atoms with Gasteiger partial charge in [0.15, 0.2) is 24.0 Å². The van der Waals surface area contributed by atoms with Crippen LogP contribution in [0.3, 0.4) is 0 Å². The van der Waals surface area contributed by atoms with Gasteiger partial charge in [0.25, 0.3) is 5.69 Å². The third-order valence-electron chi connectivity index (χ3n) is 3.70. The molecule has 2 aromatic carbocycles. The number of carbonyl (C=O) groups is 2. The molecule has 9 heteroatoms. The quantitative estimate of drug-likeness (QED) is 0.317. The molecule has 0 radical (unpaired) electrons. The predicted molar refractivity (Wildman–Crippen MR) is 95.0 cm³/mol. The molecule has 0 aliphatic carbocycles. The van der Waals surface area contributed by atoms with Crippen molar-refractivity contribution in [3.05, 3.63) is 63.5 Å². The highest BCUT2D eigenvalue weighted by Gasteiger charge is 2.20. The van der Waals surface area contributed by atoms with Gasteiger partial charge < -0.3 is 14.4 Å². The number of halogens is 1. The zero-order valence-corrected chi connectivity index (χ0v) is 14.9. The fourth-order valence-corrected chi connectivity index (χ4v) is 2.31. The number of ether oxygens (including phenoxy) is 2. The van der Waals surface area contributed by atoms with Crippen LogP contribution in [0.5, 0.6) is 5.75 Å². The van der Waals surface area contributed by atoms with Crippen molar-refractivity contribution in [2.75, 3.05) is 32.7 Å². The summed E-state index contributed by atoms with van der Waals surface area (Å²) < 4.78 is 23.3. The predicted octanol–water partition coefficient (Wildman–Crippen LogP) is 2.85. The van der Waals surface area contributed by atoms with Gasteiger partial charge >= 0.3 is 5.97 Å². The highest BCUT2D eigenvalue weighted by Crippen LogP contribution is 2.28. The number of nitro benzene ring substituents is 1. The Bertz CT molecular complexity index is 897. The Kier molecular flexibility index (Phi) is 6.07. The van der Waals surface area contributed by atoms with Gasteiger partial charge in [0.2, 0.25) is 0 Å². The molecule has 0 saturated heterocycles. The number of ketones is 1. The lowest BCUT2D eigenvalue weighted by Gasteiger charge is -2.13. The van der Waals surface area contributed by atoms with Crippen LogP contribution in [0.2, 0.25) is 0 Å². The summed E-state index contributed by atoms with van der Waals surface area (Å²) in [5, 5.41) is 11.2. The van der Waals surface area contributed by atoms with Crippen LogP contribution in [-0.4, -0.2) is 44.5 Å². The molecular weight excluding hydrogens is 359 g/mol. The van der Waals surface area contributed by atoms with Crippen LogP contribution in [0.1, 0.15) is 20.7 Å². The van der Waals surface area contributed by atoms with Gasteiger partial charge in [-0.15, -0.1) is 0 Å². The van der Waals surface area contributed by atoms with Crippen LogP contribution in [0.4, 0.5) is 15.8 Å². The lowest BCUT2D eigenvalue weighted by Crippen LogP contribution is -2.16. The second-order valence-corrected chi connectivity index (χ2v) is 5.70. The average Bonchev–Trinajstić information content (AvgIpc) is 2.64. The topological polar surface area (TPSA) is 99.0 Å². The van der Waals surface area contributed by atoms with Crippen molar-refractivity contribution < 1.29 is 28.4 Å². The first-order valence-electron chi connectivity index (χ1n) is 7.74. The number of esters is 1. The van der Waals surface area contributed by atoms with Gasteiger partial charge in [0.1, 0.15) is 5.69 Å². The largest absolute Gasteiger partial charge is 0.494 e. The van der Waals surface area contributed by atoms with Gasteiger partial charge in [-0.2, -0.15) is 0 Å². The minimum atomic E-state index is -0.897. The number of hydrogen-bond donors (Lipinski definition) is 0. The Hall–Kier alpha value is -3.49. The number of anilines is 1. The fourth-order valence-electron chi connectivity index (χ4n) is 2.31. The van der Waals surface area contributed by atoms with Gasteiger partial charge in [-0.25, -0.2) is 9.18 Å². The van der Waals surface area contributed by atoms with Crippen LogP contribution in [0.15, 0.2) is 36.4 Å². The standard InChI is InChI=1S/C18H17FN2O6/c1-20(2)14-6-4-12(9-15(14)21(24)25)18(23)27-10-16(22)11-5-7-17(26-3)13(19)8-11/h4-9H,10H2,1-3H3. The lowest BCUT2D eigenvalue weighted by atomic mass is 10.1. The van der Waals surface area contributed by atoms with Crippen molar-refractivity contribution in [2.24, 2.45) is 0 Å². The Morgan fingerprint density at radius 1 is 1.15 bits per heavy atom. The fraction of sp³-hybridized carbons (Fsp3) is 0.222. The SMILES string of the molecule is COc1ccc(C(=O)COC(=O)c2ccc(N(C)C)c([N+](=O)[O-])c2)cc1F.